The van der Waals surface area contributed by atoms with Crippen molar-refractivity contribution in [1.82, 2.24) is 0 Å². The molecule has 2 nitrogen and oxygen atoms in total. The lowest BCUT2D eigenvalue weighted by molar-refractivity contribution is -0.171. The van der Waals surface area contributed by atoms with Crippen LogP contribution < -0.4 is 0 Å². The van der Waals surface area contributed by atoms with Crippen LogP contribution in [0.25, 0.3) is 0 Å². The van der Waals surface area contributed by atoms with Gasteiger partial charge in [-0.05, 0) is 68.1 Å². The van der Waals surface area contributed by atoms with Gasteiger partial charge in [-0.2, -0.15) is 0 Å². The standard InChI is InChI=1S/C19H32O2/c1-11(2)19(5,12(3)4)18(20)21-17-10-13-9-16(17)15-8-6-7-14(13)15/h11-17H,6-10H2,1-5H3. The highest BCUT2D eigenvalue weighted by Crippen LogP contribution is 2.59. The zero-order valence-corrected chi connectivity index (χ0v) is 14.4. The molecular weight excluding hydrogens is 260 g/mol. The number of fused-ring (bicyclic) bond motifs is 5. The Labute approximate surface area is 130 Å². The van der Waals surface area contributed by atoms with Gasteiger partial charge in [0, 0.05) is 0 Å². The van der Waals surface area contributed by atoms with Gasteiger partial charge in [-0.3, -0.25) is 4.79 Å². The molecule has 0 aromatic heterocycles. The molecule has 120 valence electrons. The average Bonchev–Trinajstić information content (AvgIpc) is 3.08. The van der Waals surface area contributed by atoms with E-state index in [1.54, 1.807) is 0 Å². The summed E-state index contributed by atoms with van der Waals surface area (Å²) in [6.07, 6.45) is 6.91. The maximum absolute atomic E-state index is 12.9. The van der Waals surface area contributed by atoms with Crippen molar-refractivity contribution < 1.29 is 9.53 Å². The van der Waals surface area contributed by atoms with Crippen LogP contribution in [-0.2, 0) is 9.53 Å². The molecule has 0 saturated heterocycles. The smallest absolute Gasteiger partial charge is 0.312 e. The van der Waals surface area contributed by atoms with Crippen LogP contribution in [0, 0.1) is 40.9 Å². The quantitative estimate of drug-likeness (QED) is 0.704. The van der Waals surface area contributed by atoms with Gasteiger partial charge < -0.3 is 4.74 Å². The summed E-state index contributed by atoms with van der Waals surface area (Å²) in [5.74, 6) is 4.06. The van der Waals surface area contributed by atoms with Crippen molar-refractivity contribution in [2.24, 2.45) is 40.9 Å². The third kappa shape index (κ3) is 2.24. The van der Waals surface area contributed by atoms with Gasteiger partial charge in [0.1, 0.15) is 6.10 Å². The number of esters is 1. The van der Waals surface area contributed by atoms with E-state index in [0.29, 0.717) is 17.8 Å². The lowest BCUT2D eigenvalue weighted by Crippen LogP contribution is -2.43. The summed E-state index contributed by atoms with van der Waals surface area (Å²) in [6, 6.07) is 0. The summed E-state index contributed by atoms with van der Waals surface area (Å²) in [6.45, 7) is 10.7. The zero-order valence-electron chi connectivity index (χ0n) is 14.4. The SMILES string of the molecule is CC(C)C(C)(C(=O)OC1CC2CC1C1CCCC21)C(C)C. The molecule has 3 fully saturated rings. The molecule has 0 spiro atoms. The van der Waals surface area contributed by atoms with Gasteiger partial charge in [0.05, 0.1) is 5.41 Å². The normalized spacial score (nSPS) is 38.3. The van der Waals surface area contributed by atoms with E-state index < -0.39 is 0 Å². The largest absolute Gasteiger partial charge is 0.462 e. The Kier molecular flexibility index (Phi) is 3.86. The highest BCUT2D eigenvalue weighted by molar-refractivity contribution is 5.77. The Morgan fingerprint density at radius 2 is 1.62 bits per heavy atom. The zero-order chi connectivity index (χ0) is 15.4. The minimum absolute atomic E-state index is 0.0552. The lowest BCUT2D eigenvalue weighted by atomic mass is 9.70. The first-order valence-corrected chi connectivity index (χ1v) is 9.06. The van der Waals surface area contributed by atoms with E-state index in [1.165, 1.54) is 25.7 Å². The van der Waals surface area contributed by atoms with E-state index in [4.69, 9.17) is 4.74 Å². The maximum atomic E-state index is 12.9. The summed E-state index contributed by atoms with van der Waals surface area (Å²) in [4.78, 5) is 12.9. The topological polar surface area (TPSA) is 26.3 Å². The average molecular weight is 292 g/mol. The van der Waals surface area contributed by atoms with Crippen LogP contribution in [0.15, 0.2) is 0 Å². The van der Waals surface area contributed by atoms with E-state index >= 15 is 0 Å². The Morgan fingerprint density at radius 1 is 1.00 bits per heavy atom. The number of rotatable bonds is 4. The van der Waals surface area contributed by atoms with Crippen LogP contribution in [0.4, 0.5) is 0 Å². The van der Waals surface area contributed by atoms with Gasteiger partial charge in [0.2, 0.25) is 0 Å². The van der Waals surface area contributed by atoms with E-state index in [2.05, 4.69) is 34.6 Å². The molecule has 21 heavy (non-hydrogen) atoms. The minimum Gasteiger partial charge on any atom is -0.462 e. The third-order valence-corrected chi connectivity index (χ3v) is 7.46. The second kappa shape index (κ2) is 5.28. The molecule has 0 aliphatic heterocycles. The monoisotopic (exact) mass is 292 g/mol. The van der Waals surface area contributed by atoms with Crippen molar-refractivity contribution >= 4 is 5.97 Å². The molecule has 0 radical (unpaired) electrons. The van der Waals surface area contributed by atoms with Crippen molar-refractivity contribution in [2.45, 2.75) is 72.8 Å². The number of carbonyl (C=O) groups is 1. The predicted molar refractivity (Wildman–Crippen MR) is 84.7 cm³/mol. The second-order valence-corrected chi connectivity index (χ2v) is 8.69. The molecule has 0 N–H and O–H groups in total. The Bertz CT molecular complexity index is 404. The van der Waals surface area contributed by atoms with Crippen molar-refractivity contribution in [3.8, 4) is 0 Å². The molecule has 0 heterocycles. The molecule has 0 aromatic rings. The number of carbonyl (C=O) groups excluding carboxylic acids is 1. The summed E-state index contributed by atoms with van der Waals surface area (Å²) < 4.78 is 6.10. The first-order valence-electron chi connectivity index (χ1n) is 9.06. The molecule has 3 saturated carbocycles. The first-order chi connectivity index (χ1) is 9.85. The molecule has 3 aliphatic rings. The second-order valence-electron chi connectivity index (χ2n) is 8.69. The minimum atomic E-state index is -0.350. The summed E-state index contributed by atoms with van der Waals surface area (Å²) in [7, 11) is 0. The van der Waals surface area contributed by atoms with Crippen LogP contribution in [0.3, 0.4) is 0 Å². The van der Waals surface area contributed by atoms with Gasteiger partial charge in [-0.15, -0.1) is 0 Å². The van der Waals surface area contributed by atoms with Gasteiger partial charge in [0.25, 0.3) is 0 Å². The molecule has 5 atom stereocenters. The third-order valence-electron chi connectivity index (χ3n) is 7.46. The van der Waals surface area contributed by atoms with Crippen molar-refractivity contribution in [1.29, 1.82) is 0 Å². The first kappa shape index (κ1) is 15.4. The van der Waals surface area contributed by atoms with Crippen LogP contribution in [0.2, 0.25) is 0 Å². The predicted octanol–water partition coefficient (Wildman–Crippen LogP) is 4.67. The van der Waals surface area contributed by atoms with Crippen LogP contribution in [0.1, 0.15) is 66.7 Å². The highest BCUT2D eigenvalue weighted by atomic mass is 16.5. The molecule has 3 rings (SSSR count). The maximum Gasteiger partial charge on any atom is 0.312 e. The highest BCUT2D eigenvalue weighted by Gasteiger charge is 2.56. The lowest BCUT2D eigenvalue weighted by Gasteiger charge is -2.38. The van der Waals surface area contributed by atoms with Crippen LogP contribution in [0.5, 0.6) is 0 Å². The molecule has 2 heteroatoms. The summed E-state index contributed by atoms with van der Waals surface area (Å²) in [5, 5.41) is 0. The van der Waals surface area contributed by atoms with Crippen molar-refractivity contribution in [2.75, 3.05) is 0 Å². The Hall–Kier alpha value is -0.530. The fraction of sp³-hybridized carbons (Fsp3) is 0.947. The summed E-state index contributed by atoms with van der Waals surface area (Å²) in [5.41, 5.74) is -0.350. The van der Waals surface area contributed by atoms with E-state index in [9.17, 15) is 4.79 Å². The van der Waals surface area contributed by atoms with Crippen molar-refractivity contribution in [3.63, 3.8) is 0 Å². The fourth-order valence-corrected chi connectivity index (χ4v) is 5.54. The summed E-state index contributed by atoms with van der Waals surface area (Å²) >= 11 is 0. The molecule has 2 bridgehead atoms. The van der Waals surface area contributed by atoms with Crippen molar-refractivity contribution in [3.05, 3.63) is 0 Å². The van der Waals surface area contributed by atoms with Crippen LogP contribution >= 0.6 is 0 Å². The fourth-order valence-electron chi connectivity index (χ4n) is 5.54. The molecule has 0 amide bonds. The van der Waals surface area contributed by atoms with E-state index in [0.717, 1.165) is 24.2 Å². The Morgan fingerprint density at radius 3 is 2.24 bits per heavy atom. The number of hydrogen-bond donors (Lipinski definition) is 0. The van der Waals surface area contributed by atoms with Crippen LogP contribution in [-0.4, -0.2) is 12.1 Å². The number of ether oxygens (including phenoxy) is 1. The van der Waals surface area contributed by atoms with Gasteiger partial charge in [-0.1, -0.05) is 34.1 Å². The number of hydrogen-bond acceptors (Lipinski definition) is 2. The molecular formula is C19H32O2. The van der Waals surface area contributed by atoms with E-state index in [1.807, 2.05) is 0 Å². The molecule has 5 unspecified atom stereocenters. The van der Waals surface area contributed by atoms with Gasteiger partial charge >= 0.3 is 5.97 Å². The van der Waals surface area contributed by atoms with Gasteiger partial charge in [-0.25, -0.2) is 0 Å². The van der Waals surface area contributed by atoms with Gasteiger partial charge in [0.15, 0.2) is 0 Å². The Balaban J connectivity index is 1.69. The molecule has 3 aliphatic carbocycles. The molecule has 0 aromatic carbocycles. The van der Waals surface area contributed by atoms with E-state index in [-0.39, 0.29) is 17.5 Å².